The Kier molecular flexibility index (Phi) is 11.9. The molecule has 3 aromatic carbocycles. The number of amides is 3. The van der Waals surface area contributed by atoms with Crippen LogP contribution >= 0.6 is 0 Å². The Hall–Kier alpha value is -5.75. The number of nitrogens with zero attached hydrogens (tertiary/aromatic N) is 5. The largest absolute Gasteiger partial charge is 0.453 e. The first-order valence-electron chi connectivity index (χ1n) is 19.9. The van der Waals surface area contributed by atoms with Crippen molar-refractivity contribution in [3.63, 3.8) is 0 Å². The number of hydrogen-bond donors (Lipinski definition) is 3. The van der Waals surface area contributed by atoms with Crippen LogP contribution in [-0.4, -0.2) is 91.9 Å². The fourth-order valence-corrected chi connectivity index (χ4v) is 8.25. The van der Waals surface area contributed by atoms with E-state index in [4.69, 9.17) is 9.72 Å². The third kappa shape index (κ3) is 7.97. The second kappa shape index (κ2) is 17.4. The van der Waals surface area contributed by atoms with Crippen molar-refractivity contribution in [2.75, 3.05) is 33.3 Å². The Bertz CT molecular complexity index is 2090. The zero-order chi connectivity index (χ0) is 39.2. The van der Waals surface area contributed by atoms with Gasteiger partial charge in [-0.25, -0.2) is 14.8 Å². The van der Waals surface area contributed by atoms with Gasteiger partial charge in [-0.3, -0.25) is 14.5 Å². The lowest BCUT2D eigenvalue weighted by molar-refractivity contribution is -0.138. The number of rotatable bonds is 13. The molecule has 0 unspecified atom stereocenters. The second-order valence-corrected chi connectivity index (χ2v) is 14.5. The van der Waals surface area contributed by atoms with Crippen LogP contribution in [0.2, 0.25) is 0 Å². The number of ether oxygens (including phenoxy) is 1. The molecule has 2 fully saturated rings. The number of hydrogen-bond acceptors (Lipinski definition) is 7. The van der Waals surface area contributed by atoms with Gasteiger partial charge in [-0.15, -0.1) is 0 Å². The van der Waals surface area contributed by atoms with Crippen molar-refractivity contribution in [2.45, 2.75) is 77.0 Å². The lowest BCUT2D eigenvalue weighted by Gasteiger charge is -2.34. The van der Waals surface area contributed by atoms with Gasteiger partial charge in [0.25, 0.3) is 0 Å². The van der Waals surface area contributed by atoms with Crippen molar-refractivity contribution in [3.8, 4) is 33.6 Å². The van der Waals surface area contributed by atoms with Gasteiger partial charge in [-0.2, -0.15) is 0 Å². The zero-order valence-corrected chi connectivity index (χ0v) is 32.7. The topological polar surface area (TPSA) is 140 Å². The molecule has 2 saturated heterocycles. The summed E-state index contributed by atoms with van der Waals surface area (Å²) in [6.07, 6.45) is 7.03. The molecular formula is C44H52N8O4. The molecule has 3 N–H and O–H groups in total. The Morgan fingerprint density at radius 3 is 1.68 bits per heavy atom. The predicted octanol–water partition coefficient (Wildman–Crippen LogP) is 7.68. The van der Waals surface area contributed by atoms with E-state index in [2.05, 4.69) is 99.7 Å². The van der Waals surface area contributed by atoms with Gasteiger partial charge in [-0.1, -0.05) is 99.6 Å². The fraction of sp³-hybridized carbons (Fsp3) is 0.386. The predicted molar refractivity (Wildman–Crippen MR) is 216 cm³/mol. The van der Waals surface area contributed by atoms with E-state index in [0.717, 1.165) is 96.2 Å². The molecule has 0 bridgehead atoms. The van der Waals surface area contributed by atoms with Crippen LogP contribution in [-0.2, 0) is 14.3 Å². The van der Waals surface area contributed by atoms with E-state index in [9.17, 15) is 14.4 Å². The number of imidazole rings is 2. The summed E-state index contributed by atoms with van der Waals surface area (Å²) in [7, 11) is 1.29. The van der Waals surface area contributed by atoms with Gasteiger partial charge < -0.3 is 29.8 Å². The zero-order valence-electron chi connectivity index (χ0n) is 32.7. The smallest absolute Gasteiger partial charge is 0.407 e. The van der Waals surface area contributed by atoms with E-state index in [1.165, 1.54) is 7.11 Å². The minimum Gasteiger partial charge on any atom is -0.453 e. The van der Waals surface area contributed by atoms with Crippen LogP contribution in [0.4, 0.5) is 4.79 Å². The number of methoxy groups -OCH3 is 1. The highest BCUT2D eigenvalue weighted by atomic mass is 16.5. The van der Waals surface area contributed by atoms with Gasteiger partial charge in [0.15, 0.2) is 0 Å². The molecular weight excluding hydrogens is 705 g/mol. The van der Waals surface area contributed by atoms with Gasteiger partial charge >= 0.3 is 6.09 Å². The molecule has 12 nitrogen and oxygen atoms in total. The normalized spacial score (nSPS) is 17.9. The average molecular weight is 757 g/mol. The molecule has 0 spiro atoms. The molecule has 0 aliphatic carbocycles. The number of aromatic nitrogens is 4. The van der Waals surface area contributed by atoms with E-state index in [1.807, 2.05) is 47.3 Å². The molecule has 3 amide bonds. The molecule has 56 heavy (non-hydrogen) atoms. The minimum atomic E-state index is -0.646. The van der Waals surface area contributed by atoms with Crippen LogP contribution in [0.3, 0.4) is 0 Å². The molecule has 2 aliphatic heterocycles. The van der Waals surface area contributed by atoms with E-state index >= 15 is 0 Å². The first kappa shape index (κ1) is 38.5. The van der Waals surface area contributed by atoms with Gasteiger partial charge in [0.1, 0.15) is 23.7 Å². The molecule has 2 aromatic heterocycles. The number of nitrogens with one attached hydrogen (secondary N) is 3. The quantitative estimate of drug-likeness (QED) is 0.112. The van der Waals surface area contributed by atoms with E-state index in [1.54, 1.807) is 0 Å². The minimum absolute atomic E-state index is 0.0925. The molecule has 5 aromatic rings. The number of aromatic amines is 2. The molecule has 12 heteroatoms. The molecule has 292 valence electrons. The van der Waals surface area contributed by atoms with Crippen LogP contribution in [0.5, 0.6) is 0 Å². The summed E-state index contributed by atoms with van der Waals surface area (Å²) in [5.74, 6) is 1.57. The van der Waals surface area contributed by atoms with Crippen LogP contribution in [0, 0.1) is 0 Å². The van der Waals surface area contributed by atoms with Crippen molar-refractivity contribution >= 4 is 17.9 Å². The molecule has 4 atom stereocenters. The summed E-state index contributed by atoms with van der Waals surface area (Å²) >= 11 is 0. The van der Waals surface area contributed by atoms with Crippen molar-refractivity contribution in [1.29, 1.82) is 0 Å². The summed E-state index contributed by atoms with van der Waals surface area (Å²) < 4.78 is 4.72. The maximum atomic E-state index is 14.2. The molecule has 4 heterocycles. The highest BCUT2D eigenvalue weighted by Gasteiger charge is 2.38. The maximum Gasteiger partial charge on any atom is 0.407 e. The number of likely N-dealkylation sites (N-methyl/N-ethyl adjacent to an activating group) is 1. The monoisotopic (exact) mass is 756 g/mol. The summed E-state index contributed by atoms with van der Waals surface area (Å²) in [6.45, 7) is 9.00. The van der Waals surface area contributed by atoms with Crippen LogP contribution < -0.4 is 5.32 Å². The first-order chi connectivity index (χ1) is 27.3. The Balaban J connectivity index is 1.01. The van der Waals surface area contributed by atoms with Gasteiger partial charge in [0, 0.05) is 13.1 Å². The second-order valence-electron chi connectivity index (χ2n) is 14.5. The number of alkyl carbamates (subject to hydrolysis) is 1. The SMILES string of the molecule is CC[C@@H](NC(=O)OC)C(=O)N1CCC[C@H]1c1ncc(-c2ccc(-c3ccc(-c4cnc([C@@H]5CCCN5C(=O)[C@@H](c5ccccc5)N(CC)CC)[nH]4)cc3)cc2)[nH]1. The Morgan fingerprint density at radius 1 is 0.732 bits per heavy atom. The number of H-pyrrole nitrogens is 2. The third-order valence-corrected chi connectivity index (χ3v) is 11.3. The van der Waals surface area contributed by atoms with Crippen molar-refractivity contribution < 1.29 is 19.1 Å². The highest BCUT2D eigenvalue weighted by molar-refractivity contribution is 5.86. The van der Waals surface area contributed by atoms with Crippen molar-refractivity contribution in [1.82, 2.24) is 40.0 Å². The van der Waals surface area contributed by atoms with Crippen molar-refractivity contribution in [2.24, 2.45) is 0 Å². The Labute approximate surface area is 328 Å². The standard InChI is InChI=1S/C44H52N8O4/c1-5-34(49-44(55)56-4)42(53)51-25-11-15-37(51)40-45-27-35(47-40)31-21-17-29(18-22-31)30-19-23-32(24-20-30)36-28-46-41(48-36)38-16-12-26-52(38)43(54)39(50(6-2)7-3)33-13-9-8-10-14-33/h8-10,13-14,17-24,27-28,34,37-39H,5-7,11-12,15-16,25-26H2,1-4H3,(H,45,47)(H,46,48)(H,49,55)/t34-,37+,38+,39-/m1/s1. The first-order valence-corrected chi connectivity index (χ1v) is 19.9. The lowest BCUT2D eigenvalue weighted by Crippen LogP contribution is -2.48. The van der Waals surface area contributed by atoms with Crippen LogP contribution in [0.25, 0.3) is 33.6 Å². The van der Waals surface area contributed by atoms with Gasteiger partial charge in [-0.05, 0) is 73.0 Å². The highest BCUT2D eigenvalue weighted by Crippen LogP contribution is 2.36. The molecule has 2 aliphatic rings. The fourth-order valence-electron chi connectivity index (χ4n) is 8.25. The van der Waals surface area contributed by atoms with Gasteiger partial charge in [0.2, 0.25) is 11.8 Å². The number of likely N-dealkylation sites (tertiary alicyclic amines) is 2. The van der Waals surface area contributed by atoms with E-state index in [-0.39, 0.29) is 29.9 Å². The lowest BCUT2D eigenvalue weighted by atomic mass is 10.0. The molecule has 0 saturated carbocycles. The van der Waals surface area contributed by atoms with Crippen molar-refractivity contribution in [3.05, 3.63) is 108 Å². The summed E-state index contributed by atoms with van der Waals surface area (Å²) in [5, 5.41) is 2.66. The number of carbonyl (C=O) groups excluding carboxylic acids is 3. The van der Waals surface area contributed by atoms with E-state index < -0.39 is 12.1 Å². The van der Waals surface area contributed by atoms with E-state index in [0.29, 0.717) is 13.0 Å². The van der Waals surface area contributed by atoms with Crippen LogP contribution in [0.1, 0.15) is 88.2 Å². The van der Waals surface area contributed by atoms with Crippen LogP contribution in [0.15, 0.2) is 91.3 Å². The van der Waals surface area contributed by atoms with Gasteiger partial charge in [0.05, 0.1) is 43.0 Å². The molecule has 7 rings (SSSR count). The maximum absolute atomic E-state index is 14.2. The summed E-state index contributed by atoms with van der Waals surface area (Å²) in [5.41, 5.74) is 7.03. The molecule has 0 radical (unpaired) electrons. The average Bonchev–Trinajstić information content (AvgIpc) is 4.09. The summed E-state index contributed by atoms with van der Waals surface area (Å²) in [4.78, 5) is 61.9. The third-order valence-electron chi connectivity index (χ3n) is 11.3. The summed E-state index contributed by atoms with van der Waals surface area (Å²) in [6, 6.07) is 25.6. The number of benzene rings is 3. The Morgan fingerprint density at radius 2 is 1.21 bits per heavy atom. The number of carbonyl (C=O) groups is 3.